The lowest BCUT2D eigenvalue weighted by Gasteiger charge is -2.00. The monoisotopic (exact) mass is 238 g/mol. The highest BCUT2D eigenvalue weighted by atomic mass is 35.5. The minimum atomic E-state index is 0. The summed E-state index contributed by atoms with van der Waals surface area (Å²) in [6, 6.07) is 0. The second-order valence-corrected chi connectivity index (χ2v) is 4.14. The molecule has 1 N–H and O–H groups in total. The molecule has 86 valence electrons. The van der Waals surface area contributed by atoms with Crippen molar-refractivity contribution in [3.05, 3.63) is 23.1 Å². The molecule has 0 bridgehead atoms. The van der Waals surface area contributed by atoms with Crippen LogP contribution in [0.25, 0.3) is 11.3 Å². The van der Waals surface area contributed by atoms with Crippen molar-refractivity contribution in [1.29, 1.82) is 0 Å². The molecule has 5 heteroatoms. The number of aryl methyl sites for hydroxylation is 2. The first-order valence-corrected chi connectivity index (χ1v) is 5.32. The molecule has 0 aromatic carbocycles. The fourth-order valence-corrected chi connectivity index (χ4v) is 2.39. The lowest BCUT2D eigenvalue weighted by molar-refractivity contribution is 0.686. The molecule has 0 fully saturated rings. The summed E-state index contributed by atoms with van der Waals surface area (Å²) in [5.74, 6) is 0. The molecule has 0 spiro atoms. The van der Waals surface area contributed by atoms with Gasteiger partial charge in [0, 0.05) is 23.9 Å². The van der Waals surface area contributed by atoms with Crippen LogP contribution < -0.4 is 0 Å². The van der Waals surface area contributed by atoms with Gasteiger partial charge in [-0.3, -0.25) is 9.78 Å². The zero-order valence-electron chi connectivity index (χ0n) is 9.45. The van der Waals surface area contributed by atoms with Crippen molar-refractivity contribution in [2.75, 3.05) is 0 Å². The number of halogens is 1. The van der Waals surface area contributed by atoms with E-state index in [2.05, 4.69) is 22.2 Å². The number of aromatic nitrogens is 4. The molecule has 4 nitrogen and oxygen atoms in total. The third kappa shape index (κ3) is 1.45. The first kappa shape index (κ1) is 11.2. The topological polar surface area (TPSA) is 46.5 Å². The number of nitrogens with one attached hydrogen (secondary N) is 1. The minimum absolute atomic E-state index is 0. The summed E-state index contributed by atoms with van der Waals surface area (Å²) in [6.45, 7) is 2.07. The van der Waals surface area contributed by atoms with Crippen molar-refractivity contribution in [3.8, 4) is 11.3 Å². The van der Waals surface area contributed by atoms with Crippen molar-refractivity contribution >= 4 is 12.4 Å². The molecule has 2 aromatic heterocycles. The maximum absolute atomic E-state index is 4.32. The van der Waals surface area contributed by atoms with Crippen molar-refractivity contribution in [3.63, 3.8) is 0 Å². The van der Waals surface area contributed by atoms with Crippen LogP contribution in [-0.4, -0.2) is 20.0 Å². The highest BCUT2D eigenvalue weighted by molar-refractivity contribution is 5.85. The maximum atomic E-state index is 4.32. The fraction of sp³-hybridized carbons (Fsp3) is 0.455. The molecule has 16 heavy (non-hydrogen) atoms. The van der Waals surface area contributed by atoms with Crippen LogP contribution in [0, 0.1) is 6.92 Å². The van der Waals surface area contributed by atoms with Crippen LogP contribution in [-0.2, 0) is 19.9 Å². The van der Waals surface area contributed by atoms with E-state index in [1.165, 1.54) is 28.9 Å². The Bertz CT molecular complexity index is 466. The van der Waals surface area contributed by atoms with Gasteiger partial charge in [-0.1, -0.05) is 0 Å². The van der Waals surface area contributed by atoms with E-state index in [9.17, 15) is 0 Å². The molecular formula is C11H15ClN4. The second-order valence-electron chi connectivity index (χ2n) is 4.14. The lowest BCUT2D eigenvalue weighted by atomic mass is 10.1. The average Bonchev–Trinajstić information content (AvgIpc) is 2.69. The second kappa shape index (κ2) is 3.94. The summed E-state index contributed by atoms with van der Waals surface area (Å²) in [4.78, 5) is 0. The summed E-state index contributed by atoms with van der Waals surface area (Å²) >= 11 is 0. The molecule has 0 saturated heterocycles. The summed E-state index contributed by atoms with van der Waals surface area (Å²) in [7, 11) is 2.01. The Morgan fingerprint density at radius 3 is 3.00 bits per heavy atom. The summed E-state index contributed by atoms with van der Waals surface area (Å²) < 4.78 is 1.97. The zero-order chi connectivity index (χ0) is 10.4. The highest BCUT2D eigenvalue weighted by Gasteiger charge is 2.20. The quantitative estimate of drug-likeness (QED) is 0.764. The molecule has 1 aliphatic rings. The van der Waals surface area contributed by atoms with Gasteiger partial charge in [0.05, 0.1) is 17.6 Å². The van der Waals surface area contributed by atoms with Gasteiger partial charge >= 0.3 is 0 Å². The predicted molar refractivity (Wildman–Crippen MR) is 64.8 cm³/mol. The number of hydrogen-bond acceptors (Lipinski definition) is 2. The van der Waals surface area contributed by atoms with E-state index in [-0.39, 0.29) is 12.4 Å². The smallest absolute Gasteiger partial charge is 0.0719 e. The number of rotatable bonds is 0. The Morgan fingerprint density at radius 1 is 1.38 bits per heavy atom. The molecule has 2 heterocycles. The van der Waals surface area contributed by atoms with Gasteiger partial charge in [-0.2, -0.15) is 10.2 Å². The SMILES string of the molecule is Cc1n[nH]c2c1CCCc1c-2cnn1C.Cl. The van der Waals surface area contributed by atoms with Gasteiger partial charge < -0.3 is 0 Å². The first-order valence-electron chi connectivity index (χ1n) is 5.32. The predicted octanol–water partition coefficient (Wildman–Crippen LogP) is 2.03. The number of hydrogen-bond donors (Lipinski definition) is 1. The van der Waals surface area contributed by atoms with Crippen molar-refractivity contribution < 1.29 is 0 Å². The molecule has 0 amide bonds. The van der Waals surface area contributed by atoms with E-state index in [1.54, 1.807) is 0 Å². The van der Waals surface area contributed by atoms with Crippen molar-refractivity contribution in [1.82, 2.24) is 20.0 Å². The van der Waals surface area contributed by atoms with Crippen LogP contribution >= 0.6 is 12.4 Å². The van der Waals surface area contributed by atoms with Crippen molar-refractivity contribution in [2.45, 2.75) is 26.2 Å². The molecule has 0 radical (unpaired) electrons. The van der Waals surface area contributed by atoms with Crippen LogP contribution in [0.1, 0.15) is 23.4 Å². The normalized spacial score (nSPS) is 13.6. The van der Waals surface area contributed by atoms with Crippen LogP contribution in [0.15, 0.2) is 6.20 Å². The zero-order valence-corrected chi connectivity index (χ0v) is 10.3. The van der Waals surface area contributed by atoms with E-state index in [1.807, 2.05) is 17.9 Å². The first-order chi connectivity index (χ1) is 7.27. The van der Waals surface area contributed by atoms with Gasteiger partial charge in [0.2, 0.25) is 0 Å². The van der Waals surface area contributed by atoms with Gasteiger partial charge in [0.25, 0.3) is 0 Å². The molecule has 1 aliphatic carbocycles. The van der Waals surface area contributed by atoms with E-state index >= 15 is 0 Å². The number of nitrogens with zero attached hydrogens (tertiary/aromatic N) is 3. The Hall–Kier alpha value is -1.29. The molecule has 0 aliphatic heterocycles. The van der Waals surface area contributed by atoms with E-state index in [0.717, 1.165) is 18.5 Å². The van der Waals surface area contributed by atoms with Crippen LogP contribution in [0.5, 0.6) is 0 Å². The van der Waals surface area contributed by atoms with Crippen molar-refractivity contribution in [2.24, 2.45) is 7.05 Å². The largest absolute Gasteiger partial charge is 0.277 e. The Morgan fingerprint density at radius 2 is 2.19 bits per heavy atom. The van der Waals surface area contributed by atoms with Gasteiger partial charge in [0.15, 0.2) is 0 Å². The van der Waals surface area contributed by atoms with E-state index in [0.29, 0.717) is 0 Å². The Labute approximate surface area is 100 Å². The number of aromatic amines is 1. The van der Waals surface area contributed by atoms with Gasteiger partial charge in [-0.15, -0.1) is 12.4 Å². The van der Waals surface area contributed by atoms with E-state index < -0.39 is 0 Å². The fourth-order valence-electron chi connectivity index (χ4n) is 2.39. The Balaban J connectivity index is 0.000000963. The molecular weight excluding hydrogens is 224 g/mol. The van der Waals surface area contributed by atoms with Crippen LogP contribution in [0.3, 0.4) is 0 Å². The molecule has 3 rings (SSSR count). The minimum Gasteiger partial charge on any atom is -0.277 e. The summed E-state index contributed by atoms with van der Waals surface area (Å²) in [6.07, 6.45) is 5.34. The standard InChI is InChI=1S/C11H14N4.ClH/c1-7-8-4-3-5-10-9(6-12-15(10)2)11(8)14-13-7;/h6H,3-5H2,1-2H3,(H,13,14);1H. The van der Waals surface area contributed by atoms with Gasteiger partial charge in [0.1, 0.15) is 0 Å². The Kier molecular flexibility index (Phi) is 2.76. The van der Waals surface area contributed by atoms with Crippen LogP contribution in [0.2, 0.25) is 0 Å². The lowest BCUT2D eigenvalue weighted by Crippen LogP contribution is -1.98. The molecule has 0 unspecified atom stereocenters. The number of fused-ring (bicyclic) bond motifs is 3. The highest BCUT2D eigenvalue weighted by Crippen LogP contribution is 2.31. The maximum Gasteiger partial charge on any atom is 0.0719 e. The molecule has 0 atom stereocenters. The summed E-state index contributed by atoms with van der Waals surface area (Å²) in [5.41, 5.74) is 6.21. The third-order valence-corrected chi connectivity index (χ3v) is 3.25. The summed E-state index contributed by atoms with van der Waals surface area (Å²) in [5, 5.41) is 11.7. The average molecular weight is 239 g/mol. The van der Waals surface area contributed by atoms with Gasteiger partial charge in [-0.05, 0) is 26.2 Å². The number of H-pyrrole nitrogens is 1. The van der Waals surface area contributed by atoms with E-state index in [4.69, 9.17) is 0 Å². The van der Waals surface area contributed by atoms with Gasteiger partial charge in [-0.25, -0.2) is 0 Å². The molecule has 0 saturated carbocycles. The van der Waals surface area contributed by atoms with Crippen LogP contribution in [0.4, 0.5) is 0 Å². The molecule has 2 aromatic rings. The third-order valence-electron chi connectivity index (χ3n) is 3.25.